The molecule has 0 saturated carbocycles. The van der Waals surface area contributed by atoms with Crippen LogP contribution in [0.2, 0.25) is 0 Å². The summed E-state index contributed by atoms with van der Waals surface area (Å²) >= 11 is 0. The third-order valence-electron chi connectivity index (χ3n) is 2.13. The molecule has 0 radical (unpaired) electrons. The van der Waals surface area contributed by atoms with Crippen molar-refractivity contribution in [1.82, 2.24) is 10.3 Å². The van der Waals surface area contributed by atoms with Crippen LogP contribution in [0.3, 0.4) is 0 Å². The summed E-state index contributed by atoms with van der Waals surface area (Å²) in [5.41, 5.74) is 1.38. The zero-order chi connectivity index (χ0) is 11.5. The maximum atomic E-state index is 12.4. The van der Waals surface area contributed by atoms with E-state index in [9.17, 15) is 13.2 Å². The lowest BCUT2D eigenvalue weighted by atomic mass is 10.1. The van der Waals surface area contributed by atoms with Gasteiger partial charge in [0.1, 0.15) is 6.04 Å². The van der Waals surface area contributed by atoms with Crippen molar-refractivity contribution in [2.75, 3.05) is 7.05 Å². The minimum absolute atomic E-state index is 0.139. The molecule has 5 heteroatoms. The normalized spacial score (nSPS) is 13.9. The predicted molar refractivity (Wildman–Crippen MR) is 51.6 cm³/mol. The van der Waals surface area contributed by atoms with Crippen LogP contribution in [-0.2, 0) is 6.42 Å². The van der Waals surface area contributed by atoms with E-state index in [2.05, 4.69) is 10.3 Å². The summed E-state index contributed by atoms with van der Waals surface area (Å²) in [5, 5.41) is 2.24. The van der Waals surface area contributed by atoms with Crippen molar-refractivity contribution < 1.29 is 13.2 Å². The summed E-state index contributed by atoms with van der Waals surface area (Å²) < 4.78 is 37.2. The molecular formula is C10H13F3N2. The number of rotatable bonds is 3. The number of nitrogens with one attached hydrogen (secondary N) is 1. The number of hydrogen-bond acceptors (Lipinski definition) is 2. The van der Waals surface area contributed by atoms with E-state index in [0.29, 0.717) is 5.69 Å². The van der Waals surface area contributed by atoms with Crippen molar-refractivity contribution in [2.24, 2.45) is 0 Å². The number of aryl methyl sites for hydroxylation is 1. The lowest BCUT2D eigenvalue weighted by molar-refractivity contribution is -0.154. The Hall–Kier alpha value is -1.10. The van der Waals surface area contributed by atoms with Crippen molar-refractivity contribution >= 4 is 0 Å². The fourth-order valence-electron chi connectivity index (χ4n) is 1.21. The van der Waals surface area contributed by atoms with Crippen molar-refractivity contribution in [2.45, 2.75) is 25.6 Å². The van der Waals surface area contributed by atoms with Crippen LogP contribution in [0.4, 0.5) is 13.2 Å². The number of aromatic nitrogens is 1. The van der Waals surface area contributed by atoms with Gasteiger partial charge in [0.05, 0.1) is 0 Å². The zero-order valence-corrected chi connectivity index (χ0v) is 8.60. The Kier molecular flexibility index (Phi) is 3.68. The highest BCUT2D eigenvalue weighted by Gasteiger charge is 2.38. The largest absolute Gasteiger partial charge is 0.404 e. The van der Waals surface area contributed by atoms with Crippen LogP contribution in [0, 0.1) is 6.92 Å². The SMILES string of the molecule is CNC(Cc1ccc(C)cn1)C(F)(F)F. The van der Waals surface area contributed by atoms with E-state index in [4.69, 9.17) is 0 Å². The first-order valence-electron chi connectivity index (χ1n) is 4.59. The molecule has 0 aliphatic heterocycles. The molecule has 84 valence electrons. The maximum Gasteiger partial charge on any atom is 0.404 e. The molecule has 0 aliphatic carbocycles. The van der Waals surface area contributed by atoms with Gasteiger partial charge >= 0.3 is 6.18 Å². The molecule has 15 heavy (non-hydrogen) atoms. The number of nitrogens with zero attached hydrogens (tertiary/aromatic N) is 1. The maximum absolute atomic E-state index is 12.4. The summed E-state index contributed by atoms with van der Waals surface area (Å²) in [7, 11) is 1.30. The van der Waals surface area contributed by atoms with Gasteiger partial charge in [-0.1, -0.05) is 6.07 Å². The lowest BCUT2D eigenvalue weighted by Gasteiger charge is -2.18. The standard InChI is InChI=1S/C10H13F3N2/c1-7-3-4-8(15-6-7)5-9(14-2)10(11,12)13/h3-4,6,9,14H,5H2,1-2H3. The highest BCUT2D eigenvalue weighted by molar-refractivity contribution is 5.13. The molecule has 0 spiro atoms. The van der Waals surface area contributed by atoms with Crippen LogP contribution in [0.1, 0.15) is 11.3 Å². The molecule has 2 nitrogen and oxygen atoms in total. The fourth-order valence-corrected chi connectivity index (χ4v) is 1.21. The van der Waals surface area contributed by atoms with Gasteiger partial charge in [-0.3, -0.25) is 4.98 Å². The van der Waals surface area contributed by atoms with Crippen LogP contribution in [0.15, 0.2) is 18.3 Å². The molecule has 0 bridgehead atoms. The van der Waals surface area contributed by atoms with Gasteiger partial charge in [-0.05, 0) is 25.6 Å². The van der Waals surface area contributed by atoms with E-state index in [-0.39, 0.29) is 6.42 Å². The van der Waals surface area contributed by atoms with E-state index >= 15 is 0 Å². The van der Waals surface area contributed by atoms with Gasteiger partial charge in [-0.2, -0.15) is 13.2 Å². The van der Waals surface area contributed by atoms with Gasteiger partial charge in [0.2, 0.25) is 0 Å². The third kappa shape index (κ3) is 3.51. The van der Waals surface area contributed by atoms with E-state index in [0.717, 1.165) is 5.56 Å². The summed E-state index contributed by atoms with van der Waals surface area (Å²) in [6, 6.07) is 1.84. The molecule has 1 N–H and O–H groups in total. The Morgan fingerprint density at radius 2 is 2.07 bits per heavy atom. The van der Waals surface area contributed by atoms with Crippen LogP contribution >= 0.6 is 0 Å². The second kappa shape index (κ2) is 4.61. The first kappa shape index (κ1) is 12.0. The van der Waals surface area contributed by atoms with Gasteiger partial charge in [-0.25, -0.2) is 0 Å². The van der Waals surface area contributed by atoms with E-state index < -0.39 is 12.2 Å². The van der Waals surface area contributed by atoms with E-state index in [1.54, 1.807) is 18.3 Å². The number of halogens is 3. The molecule has 1 atom stereocenters. The molecule has 1 rings (SSSR count). The van der Waals surface area contributed by atoms with Crippen molar-refractivity contribution in [3.8, 4) is 0 Å². The molecule has 1 heterocycles. The quantitative estimate of drug-likeness (QED) is 0.840. The molecule has 1 unspecified atom stereocenters. The molecule has 0 aromatic carbocycles. The van der Waals surface area contributed by atoms with E-state index in [1.165, 1.54) is 7.05 Å². The van der Waals surface area contributed by atoms with Gasteiger partial charge in [0, 0.05) is 18.3 Å². The van der Waals surface area contributed by atoms with Gasteiger partial charge in [-0.15, -0.1) is 0 Å². The Labute approximate surface area is 86.5 Å². The lowest BCUT2D eigenvalue weighted by Crippen LogP contribution is -2.41. The summed E-state index contributed by atoms with van der Waals surface area (Å²) in [6.45, 7) is 1.84. The second-order valence-corrected chi connectivity index (χ2v) is 3.41. The molecule has 0 saturated heterocycles. The average molecular weight is 218 g/mol. The minimum atomic E-state index is -4.23. The number of pyridine rings is 1. The first-order chi connectivity index (χ1) is 6.93. The smallest absolute Gasteiger partial charge is 0.309 e. The fraction of sp³-hybridized carbons (Fsp3) is 0.500. The van der Waals surface area contributed by atoms with Gasteiger partial charge in [0.15, 0.2) is 0 Å². The Morgan fingerprint density at radius 3 is 2.47 bits per heavy atom. The summed E-state index contributed by atoms with van der Waals surface area (Å²) in [4.78, 5) is 3.94. The summed E-state index contributed by atoms with van der Waals surface area (Å²) in [5.74, 6) is 0. The summed E-state index contributed by atoms with van der Waals surface area (Å²) in [6.07, 6.45) is -2.81. The second-order valence-electron chi connectivity index (χ2n) is 3.41. The Morgan fingerprint density at radius 1 is 1.40 bits per heavy atom. The number of likely N-dealkylation sites (N-methyl/N-ethyl adjacent to an activating group) is 1. The van der Waals surface area contributed by atoms with Crippen molar-refractivity contribution in [1.29, 1.82) is 0 Å². The van der Waals surface area contributed by atoms with E-state index in [1.807, 2.05) is 6.92 Å². The molecule has 0 aliphatic rings. The highest BCUT2D eigenvalue weighted by atomic mass is 19.4. The molecule has 0 amide bonds. The van der Waals surface area contributed by atoms with Gasteiger partial charge < -0.3 is 5.32 Å². The third-order valence-corrected chi connectivity index (χ3v) is 2.13. The minimum Gasteiger partial charge on any atom is -0.309 e. The van der Waals surface area contributed by atoms with Gasteiger partial charge in [0.25, 0.3) is 0 Å². The van der Waals surface area contributed by atoms with Crippen LogP contribution in [0.5, 0.6) is 0 Å². The molecule has 0 fully saturated rings. The Bertz CT molecular complexity index is 305. The number of alkyl halides is 3. The first-order valence-corrected chi connectivity index (χ1v) is 4.59. The Balaban J connectivity index is 2.71. The molecule has 1 aromatic heterocycles. The predicted octanol–water partition coefficient (Wildman–Crippen LogP) is 2.08. The topological polar surface area (TPSA) is 24.9 Å². The molecular weight excluding hydrogens is 205 g/mol. The average Bonchev–Trinajstić information content (AvgIpc) is 2.15. The zero-order valence-electron chi connectivity index (χ0n) is 8.60. The number of hydrogen-bond donors (Lipinski definition) is 1. The van der Waals surface area contributed by atoms with Crippen LogP contribution in [-0.4, -0.2) is 24.2 Å². The van der Waals surface area contributed by atoms with Crippen molar-refractivity contribution in [3.05, 3.63) is 29.6 Å². The van der Waals surface area contributed by atoms with Crippen LogP contribution in [0.25, 0.3) is 0 Å². The monoisotopic (exact) mass is 218 g/mol. The van der Waals surface area contributed by atoms with Crippen molar-refractivity contribution in [3.63, 3.8) is 0 Å². The van der Waals surface area contributed by atoms with Crippen LogP contribution < -0.4 is 5.32 Å². The molecule has 1 aromatic rings. The highest BCUT2D eigenvalue weighted by Crippen LogP contribution is 2.22.